The highest BCUT2D eigenvalue weighted by Gasteiger charge is 2.17. The van der Waals surface area contributed by atoms with Crippen molar-refractivity contribution in [2.75, 3.05) is 12.3 Å². The van der Waals surface area contributed by atoms with Crippen LogP contribution in [0.15, 0.2) is 12.3 Å². The van der Waals surface area contributed by atoms with Gasteiger partial charge in [0.25, 0.3) is 0 Å². The van der Waals surface area contributed by atoms with E-state index in [4.69, 9.17) is 5.73 Å². The minimum atomic E-state index is -0.531. The van der Waals surface area contributed by atoms with Crippen molar-refractivity contribution in [3.05, 3.63) is 12.3 Å². The van der Waals surface area contributed by atoms with E-state index in [1.807, 2.05) is 20.8 Å². The molecule has 0 fully saturated rings. The number of aliphatic hydroxyl groups excluding tert-OH is 1. The van der Waals surface area contributed by atoms with E-state index in [1.165, 1.54) is 4.68 Å². The van der Waals surface area contributed by atoms with Gasteiger partial charge in [-0.05, 0) is 17.9 Å². The number of nitrogens with two attached hydrogens (primary N) is 1. The molecular formula is C12H22N4O2. The zero-order valence-electron chi connectivity index (χ0n) is 11.2. The molecule has 0 aliphatic rings. The lowest BCUT2D eigenvalue weighted by Crippen LogP contribution is -2.36. The molecule has 1 amide bonds. The quantitative estimate of drug-likeness (QED) is 0.708. The SMILES string of the molecule is CC(C)(C)CC(O)CNC(=O)Cn1ccc(N)n1. The fourth-order valence-electron chi connectivity index (χ4n) is 1.68. The van der Waals surface area contributed by atoms with Crippen LogP contribution in [0.3, 0.4) is 0 Å². The summed E-state index contributed by atoms with van der Waals surface area (Å²) in [5.41, 5.74) is 5.48. The van der Waals surface area contributed by atoms with E-state index in [9.17, 15) is 9.90 Å². The van der Waals surface area contributed by atoms with Crippen LogP contribution in [0.5, 0.6) is 0 Å². The van der Waals surface area contributed by atoms with Crippen LogP contribution in [-0.2, 0) is 11.3 Å². The number of nitrogens with one attached hydrogen (secondary N) is 1. The summed E-state index contributed by atoms with van der Waals surface area (Å²) < 4.78 is 1.46. The summed E-state index contributed by atoms with van der Waals surface area (Å²) in [6, 6.07) is 1.63. The summed E-state index contributed by atoms with van der Waals surface area (Å²) >= 11 is 0. The number of carbonyl (C=O) groups excluding carboxylic acids is 1. The maximum atomic E-state index is 11.6. The molecule has 1 heterocycles. The molecule has 0 saturated carbocycles. The number of rotatable bonds is 5. The lowest BCUT2D eigenvalue weighted by Gasteiger charge is -2.22. The molecule has 0 saturated heterocycles. The number of aromatic nitrogens is 2. The van der Waals surface area contributed by atoms with Gasteiger partial charge in [-0.3, -0.25) is 9.48 Å². The smallest absolute Gasteiger partial charge is 0.241 e. The van der Waals surface area contributed by atoms with E-state index in [0.717, 1.165) is 0 Å². The average molecular weight is 254 g/mol. The first-order valence-corrected chi connectivity index (χ1v) is 6.00. The Kier molecular flexibility index (Phi) is 4.72. The van der Waals surface area contributed by atoms with Crippen LogP contribution in [0.4, 0.5) is 5.82 Å². The number of aliphatic hydroxyl groups is 1. The average Bonchev–Trinajstić information content (AvgIpc) is 2.58. The molecule has 1 aromatic rings. The number of carbonyl (C=O) groups is 1. The Hall–Kier alpha value is -1.56. The van der Waals surface area contributed by atoms with E-state index in [-0.39, 0.29) is 24.4 Å². The Morgan fingerprint density at radius 3 is 2.78 bits per heavy atom. The standard InChI is InChI=1S/C12H22N4O2/c1-12(2,3)6-9(17)7-14-11(18)8-16-5-4-10(13)15-16/h4-5,9,17H,6-8H2,1-3H3,(H2,13,15)(H,14,18). The zero-order chi connectivity index (χ0) is 13.8. The number of hydrogen-bond acceptors (Lipinski definition) is 4. The Morgan fingerprint density at radius 2 is 2.28 bits per heavy atom. The molecule has 4 N–H and O–H groups in total. The van der Waals surface area contributed by atoms with Crippen LogP contribution < -0.4 is 11.1 Å². The third-order valence-electron chi connectivity index (χ3n) is 2.35. The molecule has 1 aromatic heterocycles. The van der Waals surface area contributed by atoms with Crippen molar-refractivity contribution in [1.82, 2.24) is 15.1 Å². The number of hydrogen-bond donors (Lipinski definition) is 3. The van der Waals surface area contributed by atoms with Gasteiger partial charge < -0.3 is 16.2 Å². The van der Waals surface area contributed by atoms with Crippen LogP contribution in [-0.4, -0.2) is 33.4 Å². The molecule has 102 valence electrons. The van der Waals surface area contributed by atoms with Gasteiger partial charge in [0, 0.05) is 12.7 Å². The minimum Gasteiger partial charge on any atom is -0.391 e. The summed E-state index contributed by atoms with van der Waals surface area (Å²) in [7, 11) is 0. The third-order valence-corrected chi connectivity index (χ3v) is 2.35. The lowest BCUT2D eigenvalue weighted by molar-refractivity contribution is -0.122. The van der Waals surface area contributed by atoms with Crippen LogP contribution in [0.2, 0.25) is 0 Å². The molecule has 0 bridgehead atoms. The van der Waals surface area contributed by atoms with E-state index < -0.39 is 6.10 Å². The summed E-state index contributed by atoms with van der Waals surface area (Å²) in [4.78, 5) is 11.6. The maximum absolute atomic E-state index is 11.6. The first kappa shape index (κ1) is 14.5. The minimum absolute atomic E-state index is 0.0422. The van der Waals surface area contributed by atoms with Crippen LogP contribution in [0.25, 0.3) is 0 Å². The van der Waals surface area contributed by atoms with Gasteiger partial charge in [-0.25, -0.2) is 0 Å². The second-order valence-electron chi connectivity index (χ2n) is 5.66. The second kappa shape index (κ2) is 5.86. The highest BCUT2D eigenvalue weighted by atomic mass is 16.3. The van der Waals surface area contributed by atoms with Crippen molar-refractivity contribution >= 4 is 11.7 Å². The van der Waals surface area contributed by atoms with Crippen molar-refractivity contribution < 1.29 is 9.90 Å². The Labute approximate surface area is 107 Å². The van der Waals surface area contributed by atoms with E-state index in [2.05, 4.69) is 10.4 Å². The van der Waals surface area contributed by atoms with Gasteiger partial charge in [-0.1, -0.05) is 20.8 Å². The van der Waals surface area contributed by atoms with Crippen molar-refractivity contribution in [2.45, 2.75) is 39.8 Å². The second-order valence-corrected chi connectivity index (χ2v) is 5.66. The summed E-state index contributed by atoms with van der Waals surface area (Å²) in [6.07, 6.45) is 1.75. The van der Waals surface area contributed by atoms with E-state index in [0.29, 0.717) is 12.2 Å². The van der Waals surface area contributed by atoms with Gasteiger partial charge in [-0.15, -0.1) is 0 Å². The molecule has 1 rings (SSSR count). The van der Waals surface area contributed by atoms with Crippen LogP contribution >= 0.6 is 0 Å². The predicted octanol–water partition coefficient (Wildman–Crippen LogP) is 0.379. The Bertz CT molecular complexity index is 395. The van der Waals surface area contributed by atoms with E-state index in [1.54, 1.807) is 12.3 Å². The lowest BCUT2D eigenvalue weighted by atomic mass is 9.89. The molecular weight excluding hydrogens is 232 g/mol. The monoisotopic (exact) mass is 254 g/mol. The molecule has 1 atom stereocenters. The van der Waals surface area contributed by atoms with Crippen molar-refractivity contribution in [2.24, 2.45) is 5.41 Å². The molecule has 18 heavy (non-hydrogen) atoms. The number of anilines is 1. The zero-order valence-corrected chi connectivity index (χ0v) is 11.2. The number of nitrogen functional groups attached to an aromatic ring is 1. The third kappa shape index (κ3) is 5.67. The molecule has 6 heteroatoms. The summed E-state index contributed by atoms with van der Waals surface area (Å²) in [5, 5.41) is 16.3. The molecule has 0 aromatic carbocycles. The van der Waals surface area contributed by atoms with Gasteiger partial charge in [0.2, 0.25) is 5.91 Å². The molecule has 0 radical (unpaired) electrons. The highest BCUT2D eigenvalue weighted by molar-refractivity contribution is 5.75. The van der Waals surface area contributed by atoms with Gasteiger partial charge in [-0.2, -0.15) is 5.10 Å². The topological polar surface area (TPSA) is 93.2 Å². The molecule has 0 spiro atoms. The first-order valence-electron chi connectivity index (χ1n) is 6.00. The van der Waals surface area contributed by atoms with E-state index >= 15 is 0 Å². The highest BCUT2D eigenvalue weighted by Crippen LogP contribution is 2.20. The predicted molar refractivity (Wildman–Crippen MR) is 69.7 cm³/mol. The normalized spacial score (nSPS) is 13.3. The fourth-order valence-corrected chi connectivity index (χ4v) is 1.68. The molecule has 0 aliphatic heterocycles. The number of amides is 1. The van der Waals surface area contributed by atoms with Crippen LogP contribution in [0.1, 0.15) is 27.2 Å². The fraction of sp³-hybridized carbons (Fsp3) is 0.667. The molecule has 0 aliphatic carbocycles. The van der Waals surface area contributed by atoms with Crippen molar-refractivity contribution in [1.29, 1.82) is 0 Å². The number of nitrogens with zero attached hydrogens (tertiary/aromatic N) is 2. The van der Waals surface area contributed by atoms with Crippen molar-refractivity contribution in [3.8, 4) is 0 Å². The van der Waals surface area contributed by atoms with Gasteiger partial charge in [0.15, 0.2) is 0 Å². The van der Waals surface area contributed by atoms with Gasteiger partial charge >= 0.3 is 0 Å². The van der Waals surface area contributed by atoms with Gasteiger partial charge in [0.1, 0.15) is 12.4 Å². The first-order chi connectivity index (χ1) is 8.26. The van der Waals surface area contributed by atoms with Crippen LogP contribution in [0, 0.1) is 5.41 Å². The molecule has 1 unspecified atom stereocenters. The largest absolute Gasteiger partial charge is 0.391 e. The maximum Gasteiger partial charge on any atom is 0.241 e. The van der Waals surface area contributed by atoms with Crippen molar-refractivity contribution in [3.63, 3.8) is 0 Å². The molecule has 6 nitrogen and oxygen atoms in total. The summed E-state index contributed by atoms with van der Waals surface area (Å²) in [6.45, 7) is 6.51. The Morgan fingerprint density at radius 1 is 1.61 bits per heavy atom. The summed E-state index contributed by atoms with van der Waals surface area (Å²) in [5.74, 6) is 0.196. The van der Waals surface area contributed by atoms with Gasteiger partial charge in [0.05, 0.1) is 6.10 Å². The Balaban J connectivity index is 2.29.